The van der Waals surface area contributed by atoms with Gasteiger partial charge in [0.25, 0.3) is 0 Å². The van der Waals surface area contributed by atoms with Crippen molar-refractivity contribution in [3.63, 3.8) is 0 Å². The number of halogens is 1. The highest BCUT2D eigenvalue weighted by atomic mass is 35.5. The van der Waals surface area contributed by atoms with Gasteiger partial charge in [-0.05, 0) is 50.3 Å². The number of carboxylic acid groups (broad SMARTS) is 1. The molecule has 37 heavy (non-hydrogen) atoms. The second-order valence-electron chi connectivity index (χ2n) is 10.5. The molecule has 11 heteroatoms. The molecule has 1 aromatic rings. The predicted molar refractivity (Wildman–Crippen MR) is 138 cm³/mol. The number of hydrogen-bond acceptors (Lipinski definition) is 7. The van der Waals surface area contributed by atoms with E-state index in [-0.39, 0.29) is 18.4 Å². The molecule has 0 bridgehead atoms. The predicted octanol–water partition coefficient (Wildman–Crippen LogP) is 2.61. The largest absolute Gasteiger partial charge is 0.487 e. The van der Waals surface area contributed by atoms with E-state index in [1.165, 1.54) is 11.2 Å². The van der Waals surface area contributed by atoms with Gasteiger partial charge in [-0.15, -0.1) is 0 Å². The number of carbonyl (C=O) groups excluding carboxylic acids is 2. The van der Waals surface area contributed by atoms with Crippen molar-refractivity contribution in [3.8, 4) is 5.75 Å². The van der Waals surface area contributed by atoms with Crippen molar-refractivity contribution < 1.29 is 24.2 Å². The maximum atomic E-state index is 14.1. The summed E-state index contributed by atoms with van der Waals surface area (Å²) >= 11 is 6.62. The number of nitrogens with zero attached hydrogens (tertiary/aromatic N) is 3. The number of likely N-dealkylation sites (tertiary alicyclic amines) is 1. The number of hydrazine groups is 1. The molecule has 5 N–H and O–H groups in total. The zero-order valence-electron chi connectivity index (χ0n) is 21.4. The number of nitrogens with two attached hydrogens (primary N) is 2. The molecule has 2 heterocycles. The lowest BCUT2D eigenvalue weighted by atomic mass is 9.66. The number of fused-ring (bicyclic) bond motifs is 1. The second kappa shape index (κ2) is 10.8. The molecule has 1 aliphatic carbocycles. The van der Waals surface area contributed by atoms with Gasteiger partial charge in [0.15, 0.2) is 0 Å². The summed E-state index contributed by atoms with van der Waals surface area (Å²) in [6.07, 6.45) is 4.83. The average molecular weight is 534 g/mol. The van der Waals surface area contributed by atoms with Crippen LogP contribution in [0.3, 0.4) is 0 Å². The number of carbonyl (C=O) groups is 3. The summed E-state index contributed by atoms with van der Waals surface area (Å²) < 4.78 is 6.10. The lowest BCUT2D eigenvalue weighted by molar-refractivity contribution is -0.165. The minimum atomic E-state index is -1.16. The van der Waals surface area contributed by atoms with Gasteiger partial charge >= 0.3 is 5.97 Å². The molecule has 1 saturated heterocycles. The number of amides is 2. The first-order valence-electron chi connectivity index (χ1n) is 12.8. The molecule has 1 aromatic carbocycles. The van der Waals surface area contributed by atoms with Crippen molar-refractivity contribution in [2.24, 2.45) is 22.9 Å². The van der Waals surface area contributed by atoms with Gasteiger partial charge in [0, 0.05) is 43.3 Å². The van der Waals surface area contributed by atoms with Crippen molar-refractivity contribution in [3.05, 3.63) is 40.2 Å². The van der Waals surface area contributed by atoms with E-state index in [9.17, 15) is 19.5 Å². The van der Waals surface area contributed by atoms with E-state index >= 15 is 0 Å². The molecule has 4 rings (SSSR count). The van der Waals surface area contributed by atoms with Crippen LogP contribution in [0.15, 0.2) is 24.0 Å². The Morgan fingerprint density at radius 1 is 1.27 bits per heavy atom. The first kappa shape index (κ1) is 27.1. The fraction of sp³-hybridized carbons (Fsp3) is 0.577. The summed E-state index contributed by atoms with van der Waals surface area (Å²) in [5.41, 5.74) is 6.75. The van der Waals surface area contributed by atoms with E-state index in [2.05, 4.69) is 0 Å². The molecule has 2 aliphatic heterocycles. The summed E-state index contributed by atoms with van der Waals surface area (Å²) in [5.74, 6) is 4.19. The van der Waals surface area contributed by atoms with Crippen molar-refractivity contribution >= 4 is 29.4 Å². The van der Waals surface area contributed by atoms with Gasteiger partial charge in [-0.25, -0.2) is 5.84 Å². The first-order chi connectivity index (χ1) is 17.5. The molecular weight excluding hydrogens is 498 g/mol. The van der Waals surface area contributed by atoms with E-state index < -0.39 is 23.5 Å². The Balaban J connectivity index is 1.77. The third kappa shape index (κ3) is 5.22. The van der Waals surface area contributed by atoms with Gasteiger partial charge in [0.2, 0.25) is 11.8 Å². The lowest BCUT2D eigenvalue weighted by Crippen LogP contribution is -2.54. The third-order valence-electron chi connectivity index (χ3n) is 7.86. The van der Waals surface area contributed by atoms with Gasteiger partial charge in [0.05, 0.1) is 17.0 Å². The van der Waals surface area contributed by atoms with Gasteiger partial charge < -0.3 is 30.4 Å². The van der Waals surface area contributed by atoms with E-state index in [0.29, 0.717) is 67.2 Å². The Kier molecular flexibility index (Phi) is 7.89. The number of rotatable bonds is 7. The maximum Gasteiger partial charge on any atom is 0.310 e. The van der Waals surface area contributed by atoms with E-state index in [1.54, 1.807) is 35.9 Å². The quantitative estimate of drug-likeness (QED) is 0.358. The lowest BCUT2D eigenvalue weighted by Gasteiger charge is -2.46. The van der Waals surface area contributed by atoms with Crippen LogP contribution < -0.4 is 16.3 Å². The van der Waals surface area contributed by atoms with Crippen molar-refractivity contribution in [1.29, 1.82) is 0 Å². The van der Waals surface area contributed by atoms with Crippen LogP contribution in [0.4, 0.5) is 0 Å². The number of benzene rings is 1. The SMILES string of the molecule is CN(N)/C=C(\N)COc1ccc(Cl)c2c1C(N1CCCC1=O)N(C(=O)C1CCCC[C@]1(C)C(=O)O)CC2. The number of aliphatic carboxylic acids is 1. The molecule has 2 fully saturated rings. The van der Waals surface area contributed by atoms with Crippen LogP contribution in [0, 0.1) is 11.3 Å². The number of carboxylic acids is 1. The van der Waals surface area contributed by atoms with Crippen LogP contribution in [0.25, 0.3) is 0 Å². The summed E-state index contributed by atoms with van der Waals surface area (Å²) in [6, 6.07) is 3.47. The standard InChI is InChI=1S/C26H36ClN5O5/c1-26(25(35)36)11-4-3-6-18(26)24(34)32-13-10-17-19(27)8-9-20(37-15-16(28)14-30(2)29)22(17)23(32)31-12-5-7-21(31)33/h8-9,14,18,23H,3-7,10-13,15,28-29H2,1-2H3,(H,35,36)/b16-14-/t18?,23?,26-/m0/s1. The molecular formula is C26H36ClN5O5. The topological polar surface area (TPSA) is 142 Å². The number of hydrogen-bond donors (Lipinski definition) is 3. The molecule has 3 atom stereocenters. The van der Waals surface area contributed by atoms with Crippen LogP contribution in [-0.2, 0) is 20.8 Å². The Morgan fingerprint density at radius 2 is 2.03 bits per heavy atom. The Bertz CT molecular complexity index is 1110. The van der Waals surface area contributed by atoms with Crippen molar-refractivity contribution in [1.82, 2.24) is 14.8 Å². The Labute approximate surface area is 222 Å². The summed E-state index contributed by atoms with van der Waals surface area (Å²) in [4.78, 5) is 42.8. The zero-order valence-corrected chi connectivity index (χ0v) is 22.2. The highest BCUT2D eigenvalue weighted by molar-refractivity contribution is 6.31. The molecule has 2 unspecified atom stereocenters. The minimum Gasteiger partial charge on any atom is -0.487 e. The van der Waals surface area contributed by atoms with Crippen LogP contribution >= 0.6 is 11.6 Å². The summed E-state index contributed by atoms with van der Waals surface area (Å²) in [5, 5.41) is 11.9. The maximum absolute atomic E-state index is 14.1. The fourth-order valence-corrected chi connectivity index (χ4v) is 6.18. The highest BCUT2D eigenvalue weighted by Crippen LogP contribution is 2.47. The van der Waals surface area contributed by atoms with Gasteiger partial charge in [-0.1, -0.05) is 24.4 Å². The van der Waals surface area contributed by atoms with Crippen molar-refractivity contribution in [2.45, 2.75) is 58.0 Å². The first-order valence-corrected chi connectivity index (χ1v) is 13.1. The smallest absolute Gasteiger partial charge is 0.310 e. The van der Waals surface area contributed by atoms with Crippen molar-refractivity contribution in [2.75, 3.05) is 26.7 Å². The van der Waals surface area contributed by atoms with Gasteiger partial charge in [-0.2, -0.15) is 0 Å². The van der Waals surface area contributed by atoms with E-state index in [4.69, 9.17) is 27.9 Å². The fourth-order valence-electron chi connectivity index (χ4n) is 5.92. The zero-order chi connectivity index (χ0) is 26.9. The van der Waals surface area contributed by atoms with Gasteiger partial charge in [-0.3, -0.25) is 14.4 Å². The molecule has 0 spiro atoms. The normalized spacial score (nSPS) is 26.2. The molecule has 1 saturated carbocycles. The monoisotopic (exact) mass is 533 g/mol. The van der Waals surface area contributed by atoms with Crippen LogP contribution in [0.1, 0.15) is 62.7 Å². The molecule has 2 amide bonds. The molecule has 10 nitrogen and oxygen atoms in total. The highest BCUT2D eigenvalue weighted by Gasteiger charge is 2.51. The average Bonchev–Trinajstić information content (AvgIpc) is 3.27. The minimum absolute atomic E-state index is 0.0456. The van der Waals surface area contributed by atoms with E-state index in [0.717, 1.165) is 18.4 Å². The van der Waals surface area contributed by atoms with E-state index in [1.807, 2.05) is 0 Å². The van der Waals surface area contributed by atoms with Crippen LogP contribution in [-0.4, -0.2) is 64.4 Å². The Morgan fingerprint density at radius 3 is 2.68 bits per heavy atom. The summed E-state index contributed by atoms with van der Waals surface area (Å²) in [7, 11) is 1.64. The molecule has 202 valence electrons. The van der Waals surface area contributed by atoms with Crippen LogP contribution in [0.5, 0.6) is 5.75 Å². The second-order valence-corrected chi connectivity index (χ2v) is 10.9. The Hall–Kier alpha value is -2.98. The molecule has 0 radical (unpaired) electrons. The molecule has 0 aromatic heterocycles. The number of ether oxygens (including phenoxy) is 1. The third-order valence-corrected chi connectivity index (χ3v) is 8.22. The molecule has 3 aliphatic rings. The van der Waals surface area contributed by atoms with Gasteiger partial charge in [0.1, 0.15) is 18.5 Å². The van der Waals surface area contributed by atoms with Crippen LogP contribution in [0.2, 0.25) is 5.02 Å². The summed E-state index contributed by atoms with van der Waals surface area (Å²) in [6.45, 7) is 2.53.